The van der Waals surface area contributed by atoms with Gasteiger partial charge in [-0.25, -0.2) is 14.4 Å². The maximum Gasteiger partial charge on any atom is 0.321 e. The van der Waals surface area contributed by atoms with Crippen LogP contribution in [0.4, 0.5) is 10.1 Å². The van der Waals surface area contributed by atoms with Crippen molar-refractivity contribution in [3.8, 4) is 5.88 Å². The van der Waals surface area contributed by atoms with Crippen molar-refractivity contribution in [3.05, 3.63) is 48.2 Å². The van der Waals surface area contributed by atoms with E-state index in [1.54, 1.807) is 12.1 Å². The van der Waals surface area contributed by atoms with E-state index in [-0.39, 0.29) is 25.3 Å². The molecule has 3 rings (SSSR count). The van der Waals surface area contributed by atoms with Crippen LogP contribution in [-0.4, -0.2) is 51.6 Å². The molecule has 0 bridgehead atoms. The summed E-state index contributed by atoms with van der Waals surface area (Å²) in [4.78, 5) is 34.7. The molecular weight excluding hydrogens is 381 g/mol. The number of aromatic amines is 1. The lowest BCUT2D eigenvalue weighted by atomic mass is 10.2. The van der Waals surface area contributed by atoms with Crippen LogP contribution < -0.4 is 15.4 Å². The maximum absolute atomic E-state index is 13.3. The number of H-pyrrole nitrogens is 1. The lowest BCUT2D eigenvalue weighted by Gasteiger charge is -2.13. The van der Waals surface area contributed by atoms with Crippen molar-refractivity contribution in [2.75, 3.05) is 19.0 Å². The van der Waals surface area contributed by atoms with Gasteiger partial charge >= 0.3 is 5.97 Å². The number of aromatic nitrogens is 3. The third-order valence-electron chi connectivity index (χ3n) is 4.16. The van der Waals surface area contributed by atoms with Gasteiger partial charge in [0.25, 0.3) is 0 Å². The maximum atomic E-state index is 13.3. The first-order chi connectivity index (χ1) is 13.9. The topological polar surface area (TPSA) is 129 Å². The number of carbonyl (C=O) groups is 2. The second-order valence-electron chi connectivity index (χ2n) is 6.28. The van der Waals surface area contributed by atoms with E-state index in [2.05, 4.69) is 25.6 Å². The van der Waals surface area contributed by atoms with Crippen molar-refractivity contribution >= 4 is 28.6 Å². The van der Waals surface area contributed by atoms with Crippen LogP contribution in [0, 0.1) is 5.82 Å². The van der Waals surface area contributed by atoms with Crippen molar-refractivity contribution in [2.24, 2.45) is 0 Å². The minimum Gasteiger partial charge on any atom is -0.481 e. The fraction of sp³-hybridized carbons (Fsp3) is 0.263. The molecule has 0 radical (unpaired) electrons. The Morgan fingerprint density at radius 1 is 1.31 bits per heavy atom. The summed E-state index contributed by atoms with van der Waals surface area (Å²) in [6.45, 7) is 0.154. The molecule has 0 fully saturated rings. The van der Waals surface area contributed by atoms with Gasteiger partial charge in [-0.05, 0) is 24.3 Å². The van der Waals surface area contributed by atoms with E-state index in [4.69, 9.17) is 4.74 Å². The quantitative estimate of drug-likeness (QED) is 0.430. The molecular formula is C19H20FN5O4. The number of anilines is 1. The Morgan fingerprint density at radius 2 is 2.14 bits per heavy atom. The monoisotopic (exact) mass is 401 g/mol. The molecule has 2 aromatic heterocycles. The number of rotatable bonds is 9. The number of fused-ring (bicyclic) bond motifs is 1. The van der Waals surface area contributed by atoms with Gasteiger partial charge in [0.1, 0.15) is 17.7 Å². The van der Waals surface area contributed by atoms with E-state index in [0.717, 1.165) is 0 Å². The summed E-state index contributed by atoms with van der Waals surface area (Å²) in [7, 11) is 1.49. The number of pyridine rings is 1. The molecule has 0 saturated carbocycles. The fourth-order valence-electron chi connectivity index (χ4n) is 2.73. The molecule has 1 atom stereocenters. The number of benzene rings is 1. The van der Waals surface area contributed by atoms with Gasteiger partial charge in [-0.3, -0.25) is 9.59 Å². The molecule has 0 unspecified atom stereocenters. The van der Waals surface area contributed by atoms with Crippen molar-refractivity contribution < 1.29 is 23.8 Å². The summed E-state index contributed by atoms with van der Waals surface area (Å²) in [5.74, 6) is -0.913. The molecule has 29 heavy (non-hydrogen) atoms. The van der Waals surface area contributed by atoms with Crippen molar-refractivity contribution in [2.45, 2.75) is 18.9 Å². The number of carboxylic acids is 1. The van der Waals surface area contributed by atoms with E-state index in [1.807, 2.05) is 0 Å². The fourth-order valence-corrected chi connectivity index (χ4v) is 2.73. The standard InChI is InChI=1S/C19H20FN5O4/c1-29-18-5-3-12(10-22-18)23-17(26)6-7-21-15(19(27)28)9-16-24-13-4-2-11(20)8-14(13)25-16/h2-5,8,10,15,21H,6-7,9H2,1H3,(H,23,26)(H,24,25)(H,27,28)/t15-/m1/s1. The number of imidazole rings is 1. The van der Waals surface area contributed by atoms with E-state index >= 15 is 0 Å². The molecule has 3 aromatic rings. The molecule has 9 nitrogen and oxygen atoms in total. The predicted octanol–water partition coefficient (Wildman–Crippen LogP) is 1.72. The SMILES string of the molecule is COc1ccc(NC(=O)CCN[C@H](Cc2nc3ccc(F)cc3[nH]2)C(=O)O)cn1. The number of methoxy groups -OCH3 is 1. The molecule has 0 aliphatic carbocycles. The van der Waals surface area contributed by atoms with Crippen LogP contribution in [0.25, 0.3) is 11.0 Å². The summed E-state index contributed by atoms with van der Waals surface area (Å²) in [6, 6.07) is 6.43. The zero-order valence-corrected chi connectivity index (χ0v) is 15.6. The molecule has 0 aliphatic heterocycles. The molecule has 4 N–H and O–H groups in total. The van der Waals surface area contributed by atoms with Crippen molar-refractivity contribution in [1.82, 2.24) is 20.3 Å². The lowest BCUT2D eigenvalue weighted by Crippen LogP contribution is -2.40. The third-order valence-corrected chi connectivity index (χ3v) is 4.16. The first-order valence-electron chi connectivity index (χ1n) is 8.85. The highest BCUT2D eigenvalue weighted by Gasteiger charge is 2.19. The van der Waals surface area contributed by atoms with Gasteiger partial charge in [0.15, 0.2) is 0 Å². The normalized spacial score (nSPS) is 11.9. The van der Waals surface area contributed by atoms with Crippen molar-refractivity contribution in [3.63, 3.8) is 0 Å². The molecule has 2 heterocycles. The smallest absolute Gasteiger partial charge is 0.321 e. The number of amides is 1. The van der Waals surface area contributed by atoms with E-state index in [1.165, 1.54) is 31.5 Å². The molecule has 152 valence electrons. The number of hydrogen-bond donors (Lipinski definition) is 4. The third kappa shape index (κ3) is 5.48. The van der Waals surface area contributed by atoms with Crippen LogP contribution in [0.1, 0.15) is 12.2 Å². The van der Waals surface area contributed by atoms with E-state index in [9.17, 15) is 19.1 Å². The zero-order valence-electron chi connectivity index (χ0n) is 15.6. The average Bonchev–Trinajstić information content (AvgIpc) is 3.09. The van der Waals surface area contributed by atoms with Crippen LogP contribution in [0.3, 0.4) is 0 Å². The second-order valence-corrected chi connectivity index (χ2v) is 6.28. The number of nitrogens with one attached hydrogen (secondary N) is 3. The van der Waals surface area contributed by atoms with Gasteiger partial charge in [0.2, 0.25) is 11.8 Å². The van der Waals surface area contributed by atoms with Gasteiger partial charge in [-0.15, -0.1) is 0 Å². The predicted molar refractivity (Wildman–Crippen MR) is 103 cm³/mol. The molecule has 1 aromatic carbocycles. The summed E-state index contributed by atoms with van der Waals surface area (Å²) in [5.41, 5.74) is 1.56. The van der Waals surface area contributed by atoms with Crippen molar-refractivity contribution in [1.29, 1.82) is 0 Å². The number of carboxylic acid groups (broad SMARTS) is 1. The van der Waals surface area contributed by atoms with Crippen LogP contribution in [0.2, 0.25) is 0 Å². The molecule has 0 aliphatic rings. The van der Waals surface area contributed by atoms with Gasteiger partial charge in [-0.2, -0.15) is 0 Å². The summed E-state index contributed by atoms with van der Waals surface area (Å²) in [6.07, 6.45) is 1.60. The minimum absolute atomic E-state index is 0.0651. The Labute approximate surface area is 165 Å². The van der Waals surface area contributed by atoms with Gasteiger partial charge < -0.3 is 25.5 Å². The number of carbonyl (C=O) groups excluding carboxylic acids is 1. The largest absolute Gasteiger partial charge is 0.481 e. The highest BCUT2D eigenvalue weighted by atomic mass is 19.1. The number of aliphatic carboxylic acids is 1. The Balaban J connectivity index is 1.52. The first-order valence-corrected chi connectivity index (χ1v) is 8.85. The van der Waals surface area contributed by atoms with Gasteiger partial charge in [0, 0.05) is 25.5 Å². The number of hydrogen-bond acceptors (Lipinski definition) is 6. The van der Waals surface area contributed by atoms with Gasteiger partial charge in [-0.1, -0.05) is 0 Å². The minimum atomic E-state index is -1.07. The first kappa shape index (κ1) is 20.2. The van der Waals surface area contributed by atoms with Gasteiger partial charge in [0.05, 0.1) is 30.0 Å². The summed E-state index contributed by atoms with van der Waals surface area (Å²) < 4.78 is 18.2. The summed E-state index contributed by atoms with van der Waals surface area (Å²) >= 11 is 0. The Morgan fingerprint density at radius 3 is 2.83 bits per heavy atom. The molecule has 0 saturated heterocycles. The van der Waals surface area contributed by atoms with Crippen LogP contribution in [-0.2, 0) is 16.0 Å². The summed E-state index contributed by atoms with van der Waals surface area (Å²) in [5, 5.41) is 14.9. The zero-order chi connectivity index (χ0) is 20.8. The number of nitrogens with zero attached hydrogens (tertiary/aromatic N) is 2. The Hall–Kier alpha value is -3.53. The molecule has 0 spiro atoms. The van der Waals surface area contributed by atoms with Crippen LogP contribution >= 0.6 is 0 Å². The van der Waals surface area contributed by atoms with E-state index < -0.39 is 17.8 Å². The Bertz CT molecular complexity index is 1010. The van der Waals surface area contributed by atoms with Crippen LogP contribution in [0.15, 0.2) is 36.5 Å². The van der Waals surface area contributed by atoms with E-state index in [0.29, 0.717) is 28.4 Å². The highest BCUT2D eigenvalue weighted by Crippen LogP contribution is 2.14. The van der Waals surface area contributed by atoms with Crippen LogP contribution in [0.5, 0.6) is 5.88 Å². The number of halogens is 1. The molecule has 10 heteroatoms. The Kier molecular flexibility index (Phi) is 6.35. The number of ether oxygens (including phenoxy) is 1. The lowest BCUT2D eigenvalue weighted by molar-refractivity contribution is -0.139. The second kappa shape index (κ2) is 9.11. The molecule has 1 amide bonds. The highest BCUT2D eigenvalue weighted by molar-refractivity contribution is 5.90. The average molecular weight is 401 g/mol.